The van der Waals surface area contributed by atoms with Crippen LogP contribution in [0.15, 0.2) is 0 Å². The van der Waals surface area contributed by atoms with E-state index in [1.54, 1.807) is 0 Å². The zero-order valence-electron chi connectivity index (χ0n) is 11.5. The van der Waals surface area contributed by atoms with Crippen LogP contribution in [0.5, 0.6) is 0 Å². The molecule has 1 N–H and O–H groups in total. The molecular formula is C13H29N3. The number of piperazine rings is 1. The van der Waals surface area contributed by atoms with Crippen molar-refractivity contribution in [2.45, 2.75) is 32.7 Å². The first-order chi connectivity index (χ1) is 7.67. The summed E-state index contributed by atoms with van der Waals surface area (Å²) >= 11 is 0. The Morgan fingerprint density at radius 2 is 1.88 bits per heavy atom. The number of nitrogens with zero attached hydrogens (tertiary/aromatic N) is 2. The van der Waals surface area contributed by atoms with Gasteiger partial charge in [0.05, 0.1) is 0 Å². The lowest BCUT2D eigenvalue weighted by Gasteiger charge is -2.38. The maximum atomic E-state index is 3.64. The second kappa shape index (κ2) is 7.25. The third kappa shape index (κ3) is 4.40. The smallest absolute Gasteiger partial charge is 0.0345 e. The first-order valence-corrected chi connectivity index (χ1v) is 6.76. The summed E-state index contributed by atoms with van der Waals surface area (Å²) in [7, 11) is 4.47. The summed E-state index contributed by atoms with van der Waals surface area (Å²) in [6.45, 7) is 10.5. The van der Waals surface area contributed by atoms with Crippen LogP contribution in [0.3, 0.4) is 0 Å². The van der Waals surface area contributed by atoms with Crippen molar-refractivity contribution in [3.05, 3.63) is 0 Å². The highest BCUT2D eigenvalue weighted by Crippen LogP contribution is 2.07. The van der Waals surface area contributed by atoms with E-state index in [1.807, 2.05) is 0 Å². The van der Waals surface area contributed by atoms with Crippen LogP contribution in [0.2, 0.25) is 0 Å². The molecule has 1 rings (SSSR count). The summed E-state index contributed by atoms with van der Waals surface area (Å²) in [5, 5.41) is 3.64. The Morgan fingerprint density at radius 1 is 1.19 bits per heavy atom. The van der Waals surface area contributed by atoms with Gasteiger partial charge in [-0.2, -0.15) is 0 Å². The number of likely N-dealkylation sites (N-methyl/N-ethyl adjacent to an activating group) is 2. The van der Waals surface area contributed by atoms with E-state index in [9.17, 15) is 0 Å². The van der Waals surface area contributed by atoms with Gasteiger partial charge in [0, 0.05) is 32.2 Å². The lowest BCUT2D eigenvalue weighted by molar-refractivity contribution is 0.112. The molecule has 3 heteroatoms. The van der Waals surface area contributed by atoms with Crippen molar-refractivity contribution < 1.29 is 0 Å². The molecule has 0 aliphatic carbocycles. The van der Waals surface area contributed by atoms with Gasteiger partial charge in [0.15, 0.2) is 0 Å². The molecule has 1 saturated heterocycles. The highest BCUT2D eigenvalue weighted by Gasteiger charge is 2.21. The van der Waals surface area contributed by atoms with Crippen LogP contribution in [-0.2, 0) is 0 Å². The predicted octanol–water partition coefficient (Wildman–Crippen LogP) is 1.26. The highest BCUT2D eigenvalue weighted by atomic mass is 15.3. The van der Waals surface area contributed by atoms with Crippen LogP contribution in [0.4, 0.5) is 0 Å². The molecule has 0 spiro atoms. The first-order valence-electron chi connectivity index (χ1n) is 6.76. The Bertz CT molecular complexity index is 180. The molecule has 0 aromatic carbocycles. The minimum absolute atomic E-state index is 0.688. The van der Waals surface area contributed by atoms with E-state index in [0.29, 0.717) is 6.04 Å². The van der Waals surface area contributed by atoms with E-state index in [1.165, 1.54) is 39.0 Å². The summed E-state index contributed by atoms with van der Waals surface area (Å²) in [6, 6.07) is 0.688. The fourth-order valence-electron chi connectivity index (χ4n) is 2.35. The number of hydrogen-bond donors (Lipinski definition) is 1. The normalized spacial score (nSPS) is 24.2. The van der Waals surface area contributed by atoms with Crippen molar-refractivity contribution in [1.82, 2.24) is 15.1 Å². The van der Waals surface area contributed by atoms with E-state index >= 15 is 0 Å². The maximum absolute atomic E-state index is 3.64. The zero-order valence-corrected chi connectivity index (χ0v) is 11.5. The fourth-order valence-corrected chi connectivity index (χ4v) is 2.35. The summed E-state index contributed by atoms with van der Waals surface area (Å²) < 4.78 is 0. The molecule has 0 aromatic rings. The van der Waals surface area contributed by atoms with Gasteiger partial charge in [-0.05, 0) is 26.6 Å². The molecule has 3 nitrogen and oxygen atoms in total. The van der Waals surface area contributed by atoms with Crippen LogP contribution < -0.4 is 5.32 Å². The van der Waals surface area contributed by atoms with Gasteiger partial charge in [0.1, 0.15) is 0 Å². The van der Waals surface area contributed by atoms with Crippen LogP contribution >= 0.6 is 0 Å². The molecule has 1 unspecified atom stereocenters. The Kier molecular flexibility index (Phi) is 6.32. The van der Waals surface area contributed by atoms with Crippen LogP contribution in [0.25, 0.3) is 0 Å². The Balaban J connectivity index is 2.20. The second-order valence-corrected chi connectivity index (χ2v) is 5.24. The van der Waals surface area contributed by atoms with Gasteiger partial charge in [-0.15, -0.1) is 0 Å². The first kappa shape index (κ1) is 13.9. The van der Waals surface area contributed by atoms with E-state index in [4.69, 9.17) is 0 Å². The molecule has 1 fully saturated rings. The molecule has 0 radical (unpaired) electrons. The molecule has 0 aromatic heterocycles. The summed E-state index contributed by atoms with van der Waals surface area (Å²) in [6.07, 6.45) is 2.59. The van der Waals surface area contributed by atoms with Crippen molar-refractivity contribution in [2.75, 3.05) is 46.8 Å². The van der Waals surface area contributed by atoms with Crippen LogP contribution in [-0.4, -0.2) is 62.7 Å². The number of rotatable bonds is 6. The molecular weight excluding hydrogens is 198 g/mol. The Hall–Kier alpha value is -0.120. The topological polar surface area (TPSA) is 18.5 Å². The van der Waals surface area contributed by atoms with Crippen molar-refractivity contribution in [3.8, 4) is 0 Å². The molecule has 1 aliphatic heterocycles. The van der Waals surface area contributed by atoms with Crippen LogP contribution in [0.1, 0.15) is 26.7 Å². The minimum atomic E-state index is 0.688. The second-order valence-electron chi connectivity index (χ2n) is 5.24. The van der Waals surface area contributed by atoms with Gasteiger partial charge in [-0.25, -0.2) is 0 Å². The highest BCUT2D eigenvalue weighted by molar-refractivity contribution is 4.80. The summed E-state index contributed by atoms with van der Waals surface area (Å²) in [5.74, 6) is 0.853. The molecule has 0 amide bonds. The van der Waals surface area contributed by atoms with Gasteiger partial charge in [-0.1, -0.05) is 26.7 Å². The lowest BCUT2D eigenvalue weighted by Crippen LogP contribution is -2.54. The van der Waals surface area contributed by atoms with Crippen molar-refractivity contribution in [1.29, 1.82) is 0 Å². The monoisotopic (exact) mass is 227 g/mol. The zero-order chi connectivity index (χ0) is 12.0. The fraction of sp³-hybridized carbons (Fsp3) is 1.00. The quantitative estimate of drug-likeness (QED) is 0.737. The van der Waals surface area contributed by atoms with Gasteiger partial charge >= 0.3 is 0 Å². The Morgan fingerprint density at radius 3 is 2.50 bits per heavy atom. The summed E-state index contributed by atoms with van der Waals surface area (Å²) in [5.41, 5.74) is 0. The summed E-state index contributed by atoms with van der Waals surface area (Å²) in [4.78, 5) is 4.92. The molecule has 1 heterocycles. The van der Waals surface area contributed by atoms with Gasteiger partial charge < -0.3 is 10.2 Å². The SMILES string of the molecule is CCC(CC)CNCC1CN(C)CCN1C. The Labute approximate surface area is 101 Å². The molecule has 1 aliphatic rings. The average molecular weight is 227 g/mol. The van der Waals surface area contributed by atoms with Gasteiger partial charge in [0.25, 0.3) is 0 Å². The standard InChI is InChI=1S/C13H29N3/c1-5-12(6-2)9-14-10-13-11-15(3)7-8-16(13)4/h12-14H,5-11H2,1-4H3. The molecule has 1 atom stereocenters. The predicted molar refractivity (Wildman–Crippen MR) is 70.9 cm³/mol. The molecule has 96 valence electrons. The van der Waals surface area contributed by atoms with Crippen LogP contribution in [0, 0.1) is 5.92 Å². The number of hydrogen-bond acceptors (Lipinski definition) is 3. The third-order valence-electron chi connectivity index (χ3n) is 3.95. The largest absolute Gasteiger partial charge is 0.315 e. The maximum Gasteiger partial charge on any atom is 0.0345 e. The van der Waals surface area contributed by atoms with E-state index in [-0.39, 0.29) is 0 Å². The van der Waals surface area contributed by atoms with Crippen molar-refractivity contribution in [3.63, 3.8) is 0 Å². The van der Waals surface area contributed by atoms with E-state index < -0.39 is 0 Å². The third-order valence-corrected chi connectivity index (χ3v) is 3.95. The van der Waals surface area contributed by atoms with Crippen molar-refractivity contribution >= 4 is 0 Å². The molecule has 0 saturated carbocycles. The minimum Gasteiger partial charge on any atom is -0.315 e. The van der Waals surface area contributed by atoms with E-state index in [2.05, 4.69) is 43.1 Å². The lowest BCUT2D eigenvalue weighted by atomic mass is 10.0. The number of nitrogens with one attached hydrogen (secondary N) is 1. The molecule has 16 heavy (non-hydrogen) atoms. The van der Waals surface area contributed by atoms with Gasteiger partial charge in [0.2, 0.25) is 0 Å². The van der Waals surface area contributed by atoms with Crippen molar-refractivity contribution in [2.24, 2.45) is 5.92 Å². The van der Waals surface area contributed by atoms with Gasteiger partial charge in [-0.3, -0.25) is 4.90 Å². The molecule has 0 bridgehead atoms. The van der Waals surface area contributed by atoms with E-state index in [0.717, 1.165) is 12.5 Å². The average Bonchev–Trinajstić information content (AvgIpc) is 2.29.